The first-order valence-electron chi connectivity index (χ1n) is 5.10. The molecule has 0 aliphatic heterocycles. The predicted octanol–water partition coefficient (Wildman–Crippen LogP) is 3.31. The van der Waals surface area contributed by atoms with E-state index in [0.29, 0.717) is 5.82 Å². The fourth-order valence-electron chi connectivity index (χ4n) is 1.52. The van der Waals surface area contributed by atoms with Gasteiger partial charge in [-0.3, -0.25) is 0 Å². The van der Waals surface area contributed by atoms with Gasteiger partial charge in [-0.25, -0.2) is 4.39 Å². The van der Waals surface area contributed by atoms with E-state index in [1.165, 1.54) is 23.5 Å². The van der Waals surface area contributed by atoms with E-state index in [0.717, 1.165) is 10.9 Å². The Labute approximate surface area is 105 Å². The minimum absolute atomic E-state index is 0.0934. The van der Waals surface area contributed by atoms with Crippen LogP contribution in [0.15, 0.2) is 40.2 Å². The third-order valence-electron chi connectivity index (χ3n) is 2.35. The van der Waals surface area contributed by atoms with Crippen molar-refractivity contribution in [3.8, 4) is 27.9 Å². The first-order chi connectivity index (χ1) is 8.74. The lowest BCUT2D eigenvalue weighted by Crippen LogP contribution is -1.84. The number of aromatic hydroxyl groups is 1. The Morgan fingerprint density at radius 2 is 2.17 bits per heavy atom. The van der Waals surface area contributed by atoms with Gasteiger partial charge in [-0.15, -0.1) is 11.3 Å². The molecule has 0 saturated heterocycles. The minimum atomic E-state index is -0.601. The molecule has 0 radical (unpaired) electrons. The van der Waals surface area contributed by atoms with Gasteiger partial charge in [-0.05, 0) is 23.6 Å². The van der Waals surface area contributed by atoms with Crippen LogP contribution >= 0.6 is 11.3 Å². The van der Waals surface area contributed by atoms with Crippen LogP contribution in [0.2, 0.25) is 0 Å². The summed E-state index contributed by atoms with van der Waals surface area (Å²) in [4.78, 5) is 4.98. The fourth-order valence-corrected chi connectivity index (χ4v) is 2.17. The number of hydrogen-bond acceptors (Lipinski definition) is 5. The molecular weight excluding hydrogens is 255 g/mol. The number of benzene rings is 1. The van der Waals surface area contributed by atoms with Crippen LogP contribution in [0.1, 0.15) is 0 Å². The second-order valence-electron chi connectivity index (χ2n) is 3.56. The van der Waals surface area contributed by atoms with E-state index >= 15 is 0 Å². The molecule has 18 heavy (non-hydrogen) atoms. The Balaban J connectivity index is 2.03. The highest BCUT2D eigenvalue weighted by atomic mass is 32.1. The van der Waals surface area contributed by atoms with Crippen LogP contribution < -0.4 is 0 Å². The molecule has 0 bridgehead atoms. The van der Waals surface area contributed by atoms with Crippen molar-refractivity contribution < 1.29 is 14.0 Å². The molecule has 2 heterocycles. The summed E-state index contributed by atoms with van der Waals surface area (Å²) < 4.78 is 18.6. The van der Waals surface area contributed by atoms with Gasteiger partial charge in [0.1, 0.15) is 11.6 Å². The largest absolute Gasteiger partial charge is 0.508 e. The van der Waals surface area contributed by atoms with Crippen molar-refractivity contribution in [3.63, 3.8) is 0 Å². The third kappa shape index (κ3) is 1.86. The van der Waals surface area contributed by atoms with Gasteiger partial charge in [-0.1, -0.05) is 11.2 Å². The number of halogens is 1. The quantitative estimate of drug-likeness (QED) is 0.769. The molecule has 0 aliphatic carbocycles. The molecule has 4 nitrogen and oxygen atoms in total. The summed E-state index contributed by atoms with van der Waals surface area (Å²) in [5.41, 5.74) is 0.170. The summed E-state index contributed by atoms with van der Waals surface area (Å²) in [6.07, 6.45) is 0. The Bertz CT molecular complexity index is 679. The third-order valence-corrected chi connectivity index (χ3v) is 3.22. The standard InChI is InChI=1S/C12H7FN2O2S/c13-9-6-7(16)3-4-8(9)12-14-11(15-17-12)10-2-1-5-18-10/h1-6,16H. The van der Waals surface area contributed by atoms with Crippen LogP contribution in [0.4, 0.5) is 4.39 Å². The van der Waals surface area contributed by atoms with Gasteiger partial charge in [0.05, 0.1) is 10.4 Å². The fraction of sp³-hybridized carbons (Fsp3) is 0. The van der Waals surface area contributed by atoms with Crippen molar-refractivity contribution >= 4 is 11.3 Å². The van der Waals surface area contributed by atoms with E-state index in [1.807, 2.05) is 17.5 Å². The van der Waals surface area contributed by atoms with Gasteiger partial charge >= 0.3 is 0 Å². The Morgan fingerprint density at radius 1 is 1.28 bits per heavy atom. The highest BCUT2D eigenvalue weighted by molar-refractivity contribution is 7.13. The van der Waals surface area contributed by atoms with E-state index in [-0.39, 0.29) is 17.2 Å². The molecule has 0 amide bonds. The zero-order valence-electron chi connectivity index (χ0n) is 9.00. The van der Waals surface area contributed by atoms with Crippen molar-refractivity contribution in [2.24, 2.45) is 0 Å². The zero-order valence-corrected chi connectivity index (χ0v) is 9.82. The van der Waals surface area contributed by atoms with Gasteiger partial charge in [0.25, 0.3) is 5.89 Å². The maximum Gasteiger partial charge on any atom is 0.261 e. The first-order valence-corrected chi connectivity index (χ1v) is 5.98. The summed E-state index contributed by atoms with van der Waals surface area (Å²) in [7, 11) is 0. The average Bonchev–Trinajstić information content (AvgIpc) is 2.99. The molecule has 3 aromatic rings. The molecule has 3 rings (SSSR count). The lowest BCUT2D eigenvalue weighted by molar-refractivity contribution is 0.429. The van der Waals surface area contributed by atoms with Gasteiger partial charge in [-0.2, -0.15) is 4.98 Å². The van der Waals surface area contributed by atoms with Crippen molar-refractivity contribution in [2.75, 3.05) is 0 Å². The molecule has 1 aromatic carbocycles. The van der Waals surface area contributed by atoms with E-state index in [9.17, 15) is 4.39 Å². The van der Waals surface area contributed by atoms with E-state index in [1.54, 1.807) is 0 Å². The topological polar surface area (TPSA) is 59.2 Å². The predicted molar refractivity (Wildman–Crippen MR) is 64.7 cm³/mol. The summed E-state index contributed by atoms with van der Waals surface area (Å²) in [6.45, 7) is 0. The van der Waals surface area contributed by atoms with Crippen molar-refractivity contribution in [1.82, 2.24) is 10.1 Å². The van der Waals surface area contributed by atoms with Crippen LogP contribution in [-0.2, 0) is 0 Å². The van der Waals surface area contributed by atoms with E-state index in [4.69, 9.17) is 9.63 Å². The molecule has 0 unspecified atom stereocenters. The Kier molecular flexibility index (Phi) is 2.56. The number of thiophene rings is 1. The molecule has 6 heteroatoms. The van der Waals surface area contributed by atoms with Gasteiger partial charge in [0.15, 0.2) is 0 Å². The lowest BCUT2D eigenvalue weighted by Gasteiger charge is -1.97. The molecule has 0 spiro atoms. The van der Waals surface area contributed by atoms with Crippen molar-refractivity contribution in [3.05, 3.63) is 41.5 Å². The van der Waals surface area contributed by atoms with Crippen LogP contribution in [0.3, 0.4) is 0 Å². The average molecular weight is 262 g/mol. The number of phenolic OH excluding ortho intramolecular Hbond substituents is 1. The summed E-state index contributed by atoms with van der Waals surface area (Å²) in [6, 6.07) is 7.50. The normalized spacial score (nSPS) is 10.7. The molecule has 0 fully saturated rings. The first kappa shape index (κ1) is 10.9. The van der Waals surface area contributed by atoms with Crippen LogP contribution in [0.25, 0.3) is 22.2 Å². The van der Waals surface area contributed by atoms with Crippen LogP contribution in [0, 0.1) is 5.82 Å². The highest BCUT2D eigenvalue weighted by Crippen LogP contribution is 2.28. The van der Waals surface area contributed by atoms with Crippen molar-refractivity contribution in [2.45, 2.75) is 0 Å². The molecule has 1 N–H and O–H groups in total. The number of phenols is 1. The lowest BCUT2D eigenvalue weighted by atomic mass is 10.2. The molecule has 0 atom stereocenters. The summed E-state index contributed by atoms with van der Waals surface area (Å²) in [5, 5.41) is 14.8. The maximum absolute atomic E-state index is 13.6. The SMILES string of the molecule is Oc1ccc(-c2nc(-c3cccs3)no2)c(F)c1. The molecule has 2 aromatic heterocycles. The van der Waals surface area contributed by atoms with Crippen LogP contribution in [-0.4, -0.2) is 15.2 Å². The second kappa shape index (κ2) is 4.23. The second-order valence-corrected chi connectivity index (χ2v) is 4.51. The van der Waals surface area contributed by atoms with Gasteiger partial charge in [0, 0.05) is 6.07 Å². The van der Waals surface area contributed by atoms with Crippen molar-refractivity contribution in [1.29, 1.82) is 0 Å². The minimum Gasteiger partial charge on any atom is -0.508 e. The Hall–Kier alpha value is -2.21. The van der Waals surface area contributed by atoms with E-state index < -0.39 is 5.82 Å². The highest BCUT2D eigenvalue weighted by Gasteiger charge is 2.15. The number of hydrogen-bond donors (Lipinski definition) is 1. The Morgan fingerprint density at radius 3 is 2.89 bits per heavy atom. The van der Waals surface area contributed by atoms with E-state index in [2.05, 4.69) is 10.1 Å². The molecule has 90 valence electrons. The molecule has 0 aliphatic rings. The van der Waals surface area contributed by atoms with Gasteiger partial charge in [0.2, 0.25) is 5.82 Å². The maximum atomic E-state index is 13.6. The zero-order chi connectivity index (χ0) is 12.5. The molecule has 0 saturated carbocycles. The van der Waals surface area contributed by atoms with Crippen LogP contribution in [0.5, 0.6) is 5.75 Å². The summed E-state index contributed by atoms with van der Waals surface area (Å²) in [5.74, 6) is -0.228. The monoisotopic (exact) mass is 262 g/mol. The molecular formula is C12H7FN2O2S. The van der Waals surface area contributed by atoms with Gasteiger partial charge < -0.3 is 9.63 Å². The number of rotatable bonds is 2. The summed E-state index contributed by atoms with van der Waals surface area (Å²) >= 11 is 1.47. The smallest absolute Gasteiger partial charge is 0.261 e. The number of aromatic nitrogens is 2. The number of nitrogens with zero attached hydrogens (tertiary/aromatic N) is 2.